The zero-order chi connectivity index (χ0) is 31.8. The normalized spacial score (nSPS) is 16.8. The molecular formula is C29H36BCl2N5O6S. The average Bonchev–Trinajstić information content (AvgIpc) is 3.43. The smallest absolute Gasteiger partial charge is 0.480 e. The van der Waals surface area contributed by atoms with Gasteiger partial charge in [-0.15, -0.1) is 12.4 Å². The van der Waals surface area contributed by atoms with Gasteiger partial charge in [0.15, 0.2) is 5.65 Å². The highest BCUT2D eigenvalue weighted by Gasteiger charge is 2.52. The fourth-order valence-electron chi connectivity index (χ4n) is 4.20. The summed E-state index contributed by atoms with van der Waals surface area (Å²) in [4.78, 5) is 23.1. The summed E-state index contributed by atoms with van der Waals surface area (Å²) < 4.78 is 40.1. The molecule has 0 radical (unpaired) electrons. The van der Waals surface area contributed by atoms with Gasteiger partial charge in [0.2, 0.25) is 5.28 Å². The monoisotopic (exact) mass is 663 g/mol. The minimum atomic E-state index is -3.81. The largest absolute Gasteiger partial charge is 0.497 e. The minimum Gasteiger partial charge on any atom is -0.480 e. The number of hydrogen-bond acceptors (Lipinski definition) is 9. The Morgan fingerprint density at radius 1 is 1.07 bits per heavy atom. The number of benzene rings is 1. The molecule has 0 saturated carbocycles. The van der Waals surface area contributed by atoms with Gasteiger partial charge >= 0.3 is 13.1 Å². The van der Waals surface area contributed by atoms with E-state index in [2.05, 4.69) is 20.3 Å². The fraction of sp³-hybridized carbons (Fsp3) is 0.379. The van der Waals surface area contributed by atoms with E-state index in [-0.39, 0.29) is 22.6 Å². The maximum absolute atomic E-state index is 13.3. The lowest BCUT2D eigenvalue weighted by Gasteiger charge is -2.32. The summed E-state index contributed by atoms with van der Waals surface area (Å²) >= 11 is 5.59. The van der Waals surface area contributed by atoms with Crippen LogP contribution < -0.4 is 10.8 Å². The molecule has 1 aliphatic heterocycles. The third-order valence-electron chi connectivity index (χ3n) is 7.86. The summed E-state index contributed by atoms with van der Waals surface area (Å²) in [6.07, 6.45) is 5.05. The zero-order valence-electron chi connectivity index (χ0n) is 25.5. The number of anilines is 1. The number of carboxylic acid groups (broad SMARTS) is 1. The number of pyridine rings is 1. The standard InChI is InChI=1S/C20H23BN2O4S.C9H12ClN3O2.ClH/c1-14-8-10-15(11-9-14)28(24,25)23-13-17(16-7-6-12-22-18(16)23)21-26-19(2,3)20(4,5)27-21;1-3-9(2,7(14)15)13-6-4-5-11-8(10)12-6;/h6-13H,1-5H3;4-5H,3H2,1-2H3,(H,14,15)(H,11,12,13);1H/t;9-;/m.1./s1. The van der Waals surface area contributed by atoms with Gasteiger partial charge in [-0.2, -0.15) is 0 Å². The molecule has 0 bridgehead atoms. The second-order valence-electron chi connectivity index (χ2n) is 11.5. The van der Waals surface area contributed by atoms with Gasteiger partial charge in [0.25, 0.3) is 10.0 Å². The highest BCUT2D eigenvalue weighted by Crippen LogP contribution is 2.37. The van der Waals surface area contributed by atoms with E-state index in [4.69, 9.17) is 26.0 Å². The number of aryl methyl sites for hydroxylation is 1. The summed E-state index contributed by atoms with van der Waals surface area (Å²) in [5.74, 6) is -0.526. The van der Waals surface area contributed by atoms with E-state index in [1.165, 1.54) is 10.2 Å². The van der Waals surface area contributed by atoms with Gasteiger partial charge in [0.1, 0.15) is 11.4 Å². The predicted octanol–water partition coefficient (Wildman–Crippen LogP) is 5.10. The van der Waals surface area contributed by atoms with Crippen molar-refractivity contribution in [1.82, 2.24) is 18.9 Å². The Kier molecular flexibility index (Phi) is 10.4. The Bertz CT molecular complexity index is 1730. The lowest BCUT2D eigenvalue weighted by atomic mass is 9.79. The summed E-state index contributed by atoms with van der Waals surface area (Å²) in [7, 11) is -4.48. The molecule has 1 atom stereocenters. The van der Waals surface area contributed by atoms with Crippen molar-refractivity contribution in [1.29, 1.82) is 0 Å². The van der Waals surface area contributed by atoms with E-state index < -0.39 is 39.9 Å². The van der Waals surface area contributed by atoms with Gasteiger partial charge in [0.05, 0.1) is 16.1 Å². The Labute approximate surface area is 269 Å². The molecule has 3 aromatic heterocycles. The first-order chi connectivity index (χ1) is 20.0. The maximum Gasteiger partial charge on any atom is 0.497 e. The van der Waals surface area contributed by atoms with Gasteiger partial charge < -0.3 is 19.7 Å². The molecule has 1 fully saturated rings. The van der Waals surface area contributed by atoms with Crippen molar-refractivity contribution in [3.63, 3.8) is 0 Å². The number of hydrogen-bond donors (Lipinski definition) is 2. The van der Waals surface area contributed by atoms with Gasteiger partial charge in [-0.25, -0.2) is 32.1 Å². The number of aromatic nitrogens is 4. The number of rotatable bonds is 7. The molecule has 0 aliphatic carbocycles. The molecule has 0 unspecified atom stereocenters. The quantitative estimate of drug-likeness (QED) is 0.202. The van der Waals surface area contributed by atoms with Gasteiger partial charge in [0, 0.05) is 29.4 Å². The van der Waals surface area contributed by atoms with E-state index >= 15 is 0 Å². The molecule has 44 heavy (non-hydrogen) atoms. The van der Waals surface area contributed by atoms with Crippen LogP contribution in [0, 0.1) is 6.92 Å². The van der Waals surface area contributed by atoms with Crippen LogP contribution in [0.5, 0.6) is 0 Å². The Morgan fingerprint density at radius 3 is 2.23 bits per heavy atom. The van der Waals surface area contributed by atoms with Crippen molar-refractivity contribution in [2.45, 2.75) is 76.5 Å². The second-order valence-corrected chi connectivity index (χ2v) is 13.6. The molecule has 15 heteroatoms. The minimum absolute atomic E-state index is 0. The lowest BCUT2D eigenvalue weighted by molar-refractivity contribution is -0.141. The Balaban J connectivity index is 0.000000282. The van der Waals surface area contributed by atoms with Gasteiger partial charge in [-0.1, -0.05) is 24.6 Å². The number of nitrogens with one attached hydrogen (secondary N) is 1. The zero-order valence-corrected chi connectivity index (χ0v) is 27.9. The van der Waals surface area contributed by atoms with Crippen molar-refractivity contribution in [2.75, 3.05) is 5.32 Å². The van der Waals surface area contributed by atoms with Crippen molar-refractivity contribution in [3.05, 3.63) is 71.9 Å². The Hall–Kier alpha value is -3.23. The van der Waals surface area contributed by atoms with E-state index in [1.54, 1.807) is 62.6 Å². The van der Waals surface area contributed by atoms with Crippen LogP contribution in [-0.2, 0) is 24.1 Å². The first kappa shape index (κ1) is 35.3. The third kappa shape index (κ3) is 7.02. The van der Waals surface area contributed by atoms with Gasteiger partial charge in [-0.3, -0.25) is 0 Å². The van der Waals surface area contributed by atoms with Crippen LogP contribution in [0.2, 0.25) is 5.28 Å². The predicted molar refractivity (Wildman–Crippen MR) is 173 cm³/mol. The molecule has 2 N–H and O–H groups in total. The number of carboxylic acids is 1. The van der Waals surface area contributed by atoms with E-state index in [0.29, 0.717) is 28.7 Å². The molecule has 4 heterocycles. The molecular weight excluding hydrogens is 628 g/mol. The first-order valence-electron chi connectivity index (χ1n) is 13.6. The first-order valence-corrected chi connectivity index (χ1v) is 15.5. The van der Waals surface area contributed by atoms with E-state index in [0.717, 1.165) is 5.56 Å². The fourth-order valence-corrected chi connectivity index (χ4v) is 5.68. The summed E-state index contributed by atoms with van der Waals surface area (Å²) in [6.45, 7) is 13.1. The number of carbonyl (C=O) groups is 1. The molecule has 5 rings (SSSR count). The van der Waals surface area contributed by atoms with Crippen LogP contribution in [0.25, 0.3) is 11.0 Å². The molecule has 1 aromatic carbocycles. The van der Waals surface area contributed by atoms with Crippen LogP contribution in [0.4, 0.5) is 5.82 Å². The lowest BCUT2D eigenvalue weighted by Crippen LogP contribution is -2.42. The average molecular weight is 664 g/mol. The van der Waals surface area contributed by atoms with E-state index in [1.807, 2.05) is 40.7 Å². The number of fused-ring (bicyclic) bond motifs is 1. The van der Waals surface area contributed by atoms with Crippen LogP contribution in [0.3, 0.4) is 0 Å². The molecule has 1 saturated heterocycles. The topological polar surface area (TPSA) is 146 Å². The molecule has 236 valence electrons. The Morgan fingerprint density at radius 2 is 1.68 bits per heavy atom. The van der Waals surface area contributed by atoms with Crippen LogP contribution in [-0.4, -0.2) is 62.3 Å². The van der Waals surface area contributed by atoms with Crippen molar-refractivity contribution in [3.8, 4) is 0 Å². The second kappa shape index (κ2) is 13.0. The van der Waals surface area contributed by atoms with Crippen LogP contribution >= 0.6 is 24.0 Å². The SMILES string of the molecule is CC[C@@](C)(Nc1ccnc(Cl)n1)C(=O)O.Cc1ccc(S(=O)(=O)n2cc(B3OC(C)(C)C(C)(C)O3)c3cccnc32)cc1.Cl. The maximum atomic E-state index is 13.3. The molecule has 4 aromatic rings. The van der Waals surface area contributed by atoms with Crippen molar-refractivity contribution < 1.29 is 27.6 Å². The molecule has 11 nitrogen and oxygen atoms in total. The van der Waals surface area contributed by atoms with Crippen LogP contribution in [0.15, 0.2) is 66.0 Å². The molecule has 0 amide bonds. The summed E-state index contributed by atoms with van der Waals surface area (Å²) in [5, 5.41) is 12.6. The van der Waals surface area contributed by atoms with Crippen molar-refractivity contribution in [2.24, 2.45) is 0 Å². The number of halogens is 2. The highest BCUT2D eigenvalue weighted by atomic mass is 35.5. The van der Waals surface area contributed by atoms with Crippen LogP contribution in [0.1, 0.15) is 53.5 Å². The number of nitrogens with zero attached hydrogens (tertiary/aromatic N) is 4. The van der Waals surface area contributed by atoms with Gasteiger partial charge in [-0.05, 0) is 89.9 Å². The van der Waals surface area contributed by atoms with E-state index in [9.17, 15) is 13.2 Å². The summed E-state index contributed by atoms with van der Waals surface area (Å²) in [5.41, 5.74) is -0.0936. The summed E-state index contributed by atoms with van der Waals surface area (Å²) in [6, 6.07) is 12.0. The molecule has 1 aliphatic rings. The third-order valence-corrected chi connectivity index (χ3v) is 9.70. The number of aliphatic carboxylic acids is 1. The molecule has 0 spiro atoms. The highest BCUT2D eigenvalue weighted by molar-refractivity contribution is 7.90. The van der Waals surface area contributed by atoms with Crippen molar-refractivity contribution >= 4 is 69.4 Å².